The van der Waals surface area contributed by atoms with Gasteiger partial charge in [-0.1, -0.05) is 40.2 Å². The van der Waals surface area contributed by atoms with E-state index in [9.17, 15) is 9.18 Å². The number of ketones is 1. The minimum Gasteiger partial charge on any atom is -0.310 e. The highest BCUT2D eigenvalue weighted by Gasteiger charge is 2.08. The molecule has 2 aromatic carbocycles. The van der Waals surface area contributed by atoms with Gasteiger partial charge in [0.2, 0.25) is 0 Å². The first-order chi connectivity index (χ1) is 10.1. The van der Waals surface area contributed by atoms with Crippen molar-refractivity contribution < 1.29 is 9.18 Å². The molecular formula is C17H17BrFNO. The fraction of sp³-hybridized carbons (Fsp3) is 0.235. The lowest BCUT2D eigenvalue weighted by Gasteiger charge is -2.14. The van der Waals surface area contributed by atoms with Crippen molar-refractivity contribution in [3.05, 3.63) is 69.9 Å². The van der Waals surface area contributed by atoms with Crippen molar-refractivity contribution in [2.75, 3.05) is 6.54 Å². The van der Waals surface area contributed by atoms with Crippen molar-refractivity contribution in [3.8, 4) is 0 Å². The van der Waals surface area contributed by atoms with Crippen molar-refractivity contribution in [2.45, 2.75) is 19.4 Å². The summed E-state index contributed by atoms with van der Waals surface area (Å²) in [5.41, 5.74) is 1.59. The minimum atomic E-state index is -0.378. The SMILES string of the molecule is CC(NCCC(=O)c1cccc(F)c1)c1ccc(Br)cc1. The van der Waals surface area contributed by atoms with Crippen LogP contribution in [0.3, 0.4) is 0 Å². The summed E-state index contributed by atoms with van der Waals surface area (Å²) in [4.78, 5) is 11.9. The van der Waals surface area contributed by atoms with Crippen molar-refractivity contribution in [1.29, 1.82) is 0 Å². The van der Waals surface area contributed by atoms with E-state index < -0.39 is 0 Å². The van der Waals surface area contributed by atoms with Crippen LogP contribution in [0.1, 0.15) is 35.3 Å². The van der Waals surface area contributed by atoms with Crippen LogP contribution in [-0.4, -0.2) is 12.3 Å². The molecule has 110 valence electrons. The summed E-state index contributed by atoms with van der Waals surface area (Å²) in [5, 5.41) is 3.30. The zero-order valence-electron chi connectivity index (χ0n) is 11.8. The molecule has 0 heterocycles. The molecule has 4 heteroatoms. The third-order valence-electron chi connectivity index (χ3n) is 3.32. The maximum Gasteiger partial charge on any atom is 0.164 e. The molecule has 2 nitrogen and oxygen atoms in total. The maximum absolute atomic E-state index is 13.1. The third-order valence-corrected chi connectivity index (χ3v) is 3.85. The Bertz CT molecular complexity index is 612. The van der Waals surface area contributed by atoms with Gasteiger partial charge in [0.05, 0.1) is 0 Å². The molecule has 21 heavy (non-hydrogen) atoms. The fourth-order valence-corrected chi connectivity index (χ4v) is 2.34. The Hall–Kier alpha value is -1.52. The number of Topliss-reactive ketones (excluding diaryl/α,β-unsaturated/α-hetero) is 1. The molecule has 1 unspecified atom stereocenters. The molecule has 0 radical (unpaired) electrons. The smallest absolute Gasteiger partial charge is 0.164 e. The Morgan fingerprint density at radius 1 is 1.24 bits per heavy atom. The fourth-order valence-electron chi connectivity index (χ4n) is 2.08. The van der Waals surface area contributed by atoms with Crippen LogP contribution in [0, 0.1) is 5.82 Å². The summed E-state index contributed by atoms with van der Waals surface area (Å²) in [5.74, 6) is -0.429. The van der Waals surface area contributed by atoms with Crippen molar-refractivity contribution in [2.24, 2.45) is 0 Å². The van der Waals surface area contributed by atoms with Crippen LogP contribution in [0.4, 0.5) is 4.39 Å². The molecule has 1 N–H and O–H groups in total. The quantitative estimate of drug-likeness (QED) is 0.777. The standard InChI is InChI=1S/C17H17BrFNO/c1-12(13-5-7-15(18)8-6-13)20-10-9-17(21)14-3-2-4-16(19)11-14/h2-8,11-12,20H,9-10H2,1H3. The summed E-state index contributed by atoms with van der Waals surface area (Å²) < 4.78 is 14.1. The van der Waals surface area contributed by atoms with Gasteiger partial charge in [0.1, 0.15) is 5.82 Å². The first kappa shape index (κ1) is 15.9. The summed E-state index contributed by atoms with van der Waals surface area (Å²) in [6.07, 6.45) is 0.352. The number of nitrogens with one attached hydrogen (secondary N) is 1. The van der Waals surface area contributed by atoms with Gasteiger partial charge < -0.3 is 5.32 Å². The second kappa shape index (κ2) is 7.48. The Labute approximate surface area is 132 Å². The maximum atomic E-state index is 13.1. The second-order valence-corrected chi connectivity index (χ2v) is 5.83. The Kier molecular flexibility index (Phi) is 5.65. The zero-order valence-corrected chi connectivity index (χ0v) is 13.4. The normalized spacial score (nSPS) is 12.1. The van der Waals surface area contributed by atoms with E-state index in [4.69, 9.17) is 0 Å². The monoisotopic (exact) mass is 349 g/mol. The van der Waals surface area contributed by atoms with Crippen molar-refractivity contribution in [1.82, 2.24) is 5.32 Å². The highest BCUT2D eigenvalue weighted by atomic mass is 79.9. The molecule has 0 saturated heterocycles. The topological polar surface area (TPSA) is 29.1 Å². The number of carbonyl (C=O) groups excluding carboxylic acids is 1. The molecule has 0 amide bonds. The molecule has 0 bridgehead atoms. The van der Waals surface area contributed by atoms with Crippen LogP contribution in [-0.2, 0) is 0 Å². The minimum absolute atomic E-state index is 0.0509. The molecule has 0 aliphatic rings. The number of halogens is 2. The number of rotatable bonds is 6. The highest BCUT2D eigenvalue weighted by Crippen LogP contribution is 2.16. The van der Waals surface area contributed by atoms with Crippen LogP contribution in [0.2, 0.25) is 0 Å². The molecular weight excluding hydrogens is 333 g/mol. The average Bonchev–Trinajstić information content (AvgIpc) is 2.47. The van der Waals surface area contributed by atoms with Gasteiger partial charge in [-0.15, -0.1) is 0 Å². The van der Waals surface area contributed by atoms with E-state index in [1.807, 2.05) is 24.3 Å². The van der Waals surface area contributed by atoms with Crippen LogP contribution < -0.4 is 5.32 Å². The molecule has 0 fully saturated rings. The van der Waals surface area contributed by atoms with Crippen LogP contribution >= 0.6 is 15.9 Å². The summed E-state index contributed by atoms with van der Waals surface area (Å²) in [7, 11) is 0. The molecule has 0 saturated carbocycles. The van der Waals surface area contributed by atoms with E-state index in [2.05, 4.69) is 28.2 Å². The molecule has 0 aliphatic heterocycles. The lowest BCUT2D eigenvalue weighted by molar-refractivity contribution is 0.0981. The van der Waals surface area contributed by atoms with Gasteiger partial charge in [0.25, 0.3) is 0 Å². The number of carbonyl (C=O) groups is 1. The Balaban J connectivity index is 1.83. The zero-order chi connectivity index (χ0) is 15.2. The first-order valence-electron chi connectivity index (χ1n) is 6.84. The molecule has 2 aromatic rings. The summed E-state index contributed by atoms with van der Waals surface area (Å²) >= 11 is 3.40. The average molecular weight is 350 g/mol. The molecule has 0 aliphatic carbocycles. The molecule has 0 aromatic heterocycles. The van der Waals surface area contributed by atoms with Gasteiger partial charge in [-0.05, 0) is 36.8 Å². The van der Waals surface area contributed by atoms with Crippen LogP contribution in [0.5, 0.6) is 0 Å². The van der Waals surface area contributed by atoms with Crippen molar-refractivity contribution >= 4 is 21.7 Å². The van der Waals surface area contributed by atoms with Gasteiger partial charge in [0.15, 0.2) is 5.78 Å². The van der Waals surface area contributed by atoms with Crippen LogP contribution in [0.15, 0.2) is 53.0 Å². The van der Waals surface area contributed by atoms with Crippen molar-refractivity contribution in [3.63, 3.8) is 0 Å². The lowest BCUT2D eigenvalue weighted by Crippen LogP contribution is -2.22. The molecule has 2 rings (SSSR count). The van der Waals surface area contributed by atoms with E-state index in [0.717, 1.165) is 10.0 Å². The predicted octanol–water partition coefficient (Wildman–Crippen LogP) is 4.51. The van der Waals surface area contributed by atoms with Gasteiger partial charge >= 0.3 is 0 Å². The summed E-state index contributed by atoms with van der Waals surface area (Å²) in [6, 6.07) is 14.0. The Morgan fingerprint density at radius 2 is 1.95 bits per heavy atom. The van der Waals surface area contributed by atoms with Gasteiger partial charge in [-0.2, -0.15) is 0 Å². The number of benzene rings is 2. The van der Waals surface area contributed by atoms with E-state index in [1.165, 1.54) is 12.1 Å². The number of hydrogen-bond acceptors (Lipinski definition) is 2. The van der Waals surface area contributed by atoms with E-state index in [-0.39, 0.29) is 17.6 Å². The lowest BCUT2D eigenvalue weighted by atomic mass is 10.1. The highest BCUT2D eigenvalue weighted by molar-refractivity contribution is 9.10. The molecule has 0 spiro atoms. The largest absolute Gasteiger partial charge is 0.310 e. The Morgan fingerprint density at radius 3 is 2.62 bits per heavy atom. The predicted molar refractivity (Wildman–Crippen MR) is 85.9 cm³/mol. The van der Waals surface area contributed by atoms with Crippen LogP contribution in [0.25, 0.3) is 0 Å². The molecule has 1 atom stereocenters. The third kappa shape index (κ3) is 4.76. The van der Waals surface area contributed by atoms with E-state index in [1.54, 1.807) is 12.1 Å². The van der Waals surface area contributed by atoms with E-state index in [0.29, 0.717) is 18.5 Å². The second-order valence-electron chi connectivity index (χ2n) is 4.91. The van der Waals surface area contributed by atoms with Gasteiger partial charge in [0, 0.05) is 29.0 Å². The first-order valence-corrected chi connectivity index (χ1v) is 7.63. The van der Waals surface area contributed by atoms with Gasteiger partial charge in [-0.25, -0.2) is 4.39 Å². The summed E-state index contributed by atoms with van der Waals surface area (Å²) in [6.45, 7) is 2.61. The van der Waals surface area contributed by atoms with E-state index >= 15 is 0 Å². The number of hydrogen-bond donors (Lipinski definition) is 1. The van der Waals surface area contributed by atoms with Gasteiger partial charge in [-0.3, -0.25) is 4.79 Å².